The lowest BCUT2D eigenvalue weighted by Gasteiger charge is -2.08. The molecule has 0 N–H and O–H groups in total. The van der Waals surface area contributed by atoms with E-state index in [1.165, 1.54) is 12.1 Å². The molecular formula is C17H17F3OS. The number of alkyl halides is 3. The highest BCUT2D eigenvalue weighted by Gasteiger charge is 2.28. The van der Waals surface area contributed by atoms with E-state index >= 15 is 0 Å². The number of thioether (sulfide) groups is 1. The Morgan fingerprint density at radius 2 is 1.45 bits per heavy atom. The Morgan fingerprint density at radius 1 is 0.909 bits per heavy atom. The summed E-state index contributed by atoms with van der Waals surface area (Å²) in [5.41, 5.74) is -2.42. The molecule has 22 heavy (non-hydrogen) atoms. The summed E-state index contributed by atoms with van der Waals surface area (Å²) in [7, 11) is 0. The predicted octanol–water partition coefficient (Wildman–Crippen LogP) is 6.14. The summed E-state index contributed by atoms with van der Waals surface area (Å²) in [5, 5.41) is 0. The Balaban J connectivity index is 2.02. The molecule has 5 heteroatoms. The first-order chi connectivity index (χ1) is 10.5. The van der Waals surface area contributed by atoms with Crippen molar-refractivity contribution in [1.29, 1.82) is 0 Å². The van der Waals surface area contributed by atoms with Crippen molar-refractivity contribution >= 4 is 11.8 Å². The number of unbranched alkanes of at least 4 members (excludes halogenated alkanes) is 1. The zero-order valence-corrected chi connectivity index (χ0v) is 13.0. The molecule has 0 saturated heterocycles. The fraction of sp³-hybridized carbons (Fsp3) is 0.294. The van der Waals surface area contributed by atoms with Gasteiger partial charge < -0.3 is 4.74 Å². The third-order valence-electron chi connectivity index (χ3n) is 3.04. The van der Waals surface area contributed by atoms with Gasteiger partial charge in [-0.15, -0.1) is 0 Å². The highest BCUT2D eigenvalue weighted by molar-refractivity contribution is 8.00. The number of hydrogen-bond donors (Lipinski definition) is 0. The van der Waals surface area contributed by atoms with E-state index in [0.717, 1.165) is 29.7 Å². The number of halogens is 3. The second-order valence-electron chi connectivity index (χ2n) is 4.80. The van der Waals surface area contributed by atoms with Gasteiger partial charge in [-0.1, -0.05) is 37.6 Å². The lowest BCUT2D eigenvalue weighted by molar-refractivity contribution is -0.0328. The van der Waals surface area contributed by atoms with Crippen molar-refractivity contribution in [2.24, 2.45) is 0 Å². The minimum Gasteiger partial charge on any atom is -0.494 e. The van der Waals surface area contributed by atoms with E-state index in [4.69, 9.17) is 4.74 Å². The van der Waals surface area contributed by atoms with Gasteiger partial charge in [-0.25, -0.2) is 0 Å². The maximum atomic E-state index is 12.3. The summed E-state index contributed by atoms with van der Waals surface area (Å²) in [6.07, 6.45) is 2.10. The summed E-state index contributed by atoms with van der Waals surface area (Å²) in [5.74, 6) is 0.807. The van der Waals surface area contributed by atoms with Crippen LogP contribution in [0.15, 0.2) is 53.4 Å². The van der Waals surface area contributed by atoms with E-state index in [2.05, 4.69) is 6.92 Å². The maximum Gasteiger partial charge on any atom is 0.446 e. The van der Waals surface area contributed by atoms with Crippen molar-refractivity contribution in [2.45, 2.75) is 30.2 Å². The Labute approximate surface area is 132 Å². The van der Waals surface area contributed by atoms with Gasteiger partial charge in [-0.2, -0.15) is 13.2 Å². The zero-order chi connectivity index (χ0) is 16.0. The van der Waals surface area contributed by atoms with Crippen LogP contribution in [0.3, 0.4) is 0 Å². The van der Waals surface area contributed by atoms with E-state index < -0.39 is 5.51 Å². The molecule has 0 fully saturated rings. The van der Waals surface area contributed by atoms with Gasteiger partial charge >= 0.3 is 5.51 Å². The van der Waals surface area contributed by atoms with Crippen LogP contribution in [0.2, 0.25) is 0 Å². The monoisotopic (exact) mass is 326 g/mol. The smallest absolute Gasteiger partial charge is 0.446 e. The molecule has 2 aromatic carbocycles. The zero-order valence-electron chi connectivity index (χ0n) is 12.2. The summed E-state index contributed by atoms with van der Waals surface area (Å²) in [6, 6.07) is 13.9. The molecule has 0 spiro atoms. The van der Waals surface area contributed by atoms with Crippen LogP contribution < -0.4 is 4.74 Å². The van der Waals surface area contributed by atoms with Crippen LogP contribution in [0.4, 0.5) is 13.2 Å². The Morgan fingerprint density at radius 3 is 1.95 bits per heavy atom. The van der Waals surface area contributed by atoms with Crippen LogP contribution in [0.1, 0.15) is 19.8 Å². The SMILES string of the molecule is CCCCOc1ccc(-c2ccc(SC(F)(F)F)cc2)cc1. The lowest BCUT2D eigenvalue weighted by atomic mass is 10.1. The van der Waals surface area contributed by atoms with E-state index in [1.807, 2.05) is 24.3 Å². The van der Waals surface area contributed by atoms with E-state index in [-0.39, 0.29) is 16.7 Å². The van der Waals surface area contributed by atoms with Gasteiger partial charge in [0.05, 0.1) is 6.61 Å². The van der Waals surface area contributed by atoms with Crippen molar-refractivity contribution in [3.63, 3.8) is 0 Å². The number of ether oxygens (including phenoxy) is 1. The second-order valence-corrected chi connectivity index (χ2v) is 5.94. The van der Waals surface area contributed by atoms with Crippen LogP contribution in [0.5, 0.6) is 5.75 Å². The standard InChI is InChI=1S/C17H17F3OS/c1-2-3-12-21-15-8-4-13(5-9-15)14-6-10-16(11-7-14)22-17(18,19)20/h4-11H,2-3,12H2,1H3. The molecule has 0 radical (unpaired) electrons. The molecule has 0 aromatic heterocycles. The minimum atomic E-state index is -4.25. The number of hydrogen-bond acceptors (Lipinski definition) is 2. The van der Waals surface area contributed by atoms with Gasteiger partial charge in [-0.05, 0) is 53.6 Å². The molecule has 0 aliphatic carbocycles. The van der Waals surface area contributed by atoms with Crippen LogP contribution in [-0.4, -0.2) is 12.1 Å². The molecule has 118 valence electrons. The molecular weight excluding hydrogens is 309 g/mol. The molecule has 0 saturated carbocycles. The maximum absolute atomic E-state index is 12.3. The molecule has 0 heterocycles. The summed E-state index contributed by atoms with van der Waals surface area (Å²) < 4.78 is 42.4. The Kier molecular flexibility index (Phi) is 5.77. The highest BCUT2D eigenvalue weighted by Crippen LogP contribution is 2.37. The first kappa shape index (κ1) is 16.7. The van der Waals surface area contributed by atoms with Crippen LogP contribution in [0, 0.1) is 0 Å². The van der Waals surface area contributed by atoms with Crippen LogP contribution in [0.25, 0.3) is 11.1 Å². The van der Waals surface area contributed by atoms with Gasteiger partial charge in [0.15, 0.2) is 0 Å². The van der Waals surface area contributed by atoms with Crippen molar-refractivity contribution < 1.29 is 17.9 Å². The molecule has 0 bridgehead atoms. The minimum absolute atomic E-state index is 0.102. The molecule has 1 nitrogen and oxygen atoms in total. The van der Waals surface area contributed by atoms with Gasteiger partial charge in [-0.3, -0.25) is 0 Å². The molecule has 2 rings (SSSR count). The van der Waals surface area contributed by atoms with Crippen LogP contribution >= 0.6 is 11.8 Å². The Bertz CT molecular complexity index is 576. The van der Waals surface area contributed by atoms with Gasteiger partial charge in [0.25, 0.3) is 0 Å². The fourth-order valence-corrected chi connectivity index (χ4v) is 2.47. The number of benzene rings is 2. The lowest BCUT2D eigenvalue weighted by Crippen LogP contribution is -1.98. The quantitative estimate of drug-likeness (QED) is 0.465. The molecule has 0 unspecified atom stereocenters. The van der Waals surface area contributed by atoms with Gasteiger partial charge in [0, 0.05) is 4.90 Å². The van der Waals surface area contributed by atoms with E-state index in [1.54, 1.807) is 12.1 Å². The first-order valence-corrected chi connectivity index (χ1v) is 7.88. The second kappa shape index (κ2) is 7.58. The summed E-state index contributed by atoms with van der Waals surface area (Å²) in [6.45, 7) is 2.80. The molecule has 0 aliphatic rings. The van der Waals surface area contributed by atoms with Gasteiger partial charge in [0.1, 0.15) is 5.75 Å². The Hall–Kier alpha value is -1.62. The average molecular weight is 326 g/mol. The van der Waals surface area contributed by atoms with Crippen molar-refractivity contribution in [1.82, 2.24) is 0 Å². The van der Waals surface area contributed by atoms with Gasteiger partial charge in [0.2, 0.25) is 0 Å². The van der Waals surface area contributed by atoms with Crippen molar-refractivity contribution in [3.8, 4) is 16.9 Å². The first-order valence-electron chi connectivity index (χ1n) is 7.07. The normalized spacial score (nSPS) is 11.5. The van der Waals surface area contributed by atoms with E-state index in [9.17, 15) is 13.2 Å². The van der Waals surface area contributed by atoms with E-state index in [0.29, 0.717) is 6.61 Å². The summed E-state index contributed by atoms with van der Waals surface area (Å²) in [4.78, 5) is 0.191. The molecule has 2 aromatic rings. The number of rotatable bonds is 6. The molecule has 0 aliphatic heterocycles. The predicted molar refractivity (Wildman–Crippen MR) is 84.2 cm³/mol. The summed E-state index contributed by atoms with van der Waals surface area (Å²) >= 11 is -0.102. The largest absolute Gasteiger partial charge is 0.494 e. The third-order valence-corrected chi connectivity index (χ3v) is 3.78. The van der Waals surface area contributed by atoms with Crippen LogP contribution in [-0.2, 0) is 0 Å². The topological polar surface area (TPSA) is 9.23 Å². The van der Waals surface area contributed by atoms with Crippen molar-refractivity contribution in [2.75, 3.05) is 6.61 Å². The average Bonchev–Trinajstić information content (AvgIpc) is 2.48. The molecule has 0 atom stereocenters. The fourth-order valence-electron chi connectivity index (χ4n) is 1.93. The third kappa shape index (κ3) is 5.30. The van der Waals surface area contributed by atoms with Crippen molar-refractivity contribution in [3.05, 3.63) is 48.5 Å². The highest BCUT2D eigenvalue weighted by atomic mass is 32.2. The molecule has 0 amide bonds.